The maximum Gasteiger partial charge on any atom is 0.231 e. The number of phenols is 1. The van der Waals surface area contributed by atoms with E-state index in [9.17, 15) is 5.11 Å². The molecule has 172 valence electrons. The number of ether oxygens (including phenoxy) is 3. The number of fused-ring (bicyclic) bond motifs is 1. The molecule has 1 fully saturated rings. The second-order valence-corrected chi connectivity index (χ2v) is 8.53. The van der Waals surface area contributed by atoms with Crippen LogP contribution < -0.4 is 14.8 Å². The van der Waals surface area contributed by atoms with E-state index in [1.54, 1.807) is 18.2 Å². The summed E-state index contributed by atoms with van der Waals surface area (Å²) in [5.41, 5.74) is 3.15. The topological polar surface area (TPSA) is 76.1 Å². The summed E-state index contributed by atoms with van der Waals surface area (Å²) in [6, 6.07) is 14.8. The number of nitrogens with one attached hydrogen (secondary N) is 1. The van der Waals surface area contributed by atoms with Gasteiger partial charge in [-0.3, -0.25) is 4.90 Å². The zero-order valence-corrected chi connectivity index (χ0v) is 19.0. The van der Waals surface area contributed by atoms with Crippen LogP contribution in [0.1, 0.15) is 6.42 Å². The molecule has 1 saturated heterocycles. The number of hydrogen-bond acceptors (Lipinski definition) is 7. The van der Waals surface area contributed by atoms with E-state index in [0.29, 0.717) is 16.3 Å². The summed E-state index contributed by atoms with van der Waals surface area (Å²) in [6.07, 6.45) is 0.994. The monoisotopic (exact) mass is 467 g/mol. The van der Waals surface area contributed by atoms with Crippen LogP contribution in [-0.2, 0) is 4.74 Å². The van der Waals surface area contributed by atoms with Crippen LogP contribution in [0.2, 0.25) is 5.02 Å². The van der Waals surface area contributed by atoms with Crippen LogP contribution in [0.25, 0.3) is 22.4 Å². The highest BCUT2D eigenvalue weighted by atomic mass is 35.5. The largest absolute Gasteiger partial charge is 0.507 e. The van der Waals surface area contributed by atoms with E-state index in [-0.39, 0.29) is 12.5 Å². The lowest BCUT2D eigenvalue weighted by Gasteiger charge is -2.26. The number of aromatic hydroxyl groups is 1. The van der Waals surface area contributed by atoms with Crippen LogP contribution in [0, 0.1) is 0 Å². The van der Waals surface area contributed by atoms with Crippen molar-refractivity contribution in [1.82, 2.24) is 9.88 Å². The van der Waals surface area contributed by atoms with E-state index < -0.39 is 0 Å². The first-order chi connectivity index (χ1) is 16.2. The first-order valence-electron chi connectivity index (χ1n) is 11.1. The van der Waals surface area contributed by atoms with Crippen molar-refractivity contribution in [3.8, 4) is 39.6 Å². The summed E-state index contributed by atoms with van der Waals surface area (Å²) in [4.78, 5) is 7.18. The average molecular weight is 468 g/mol. The van der Waals surface area contributed by atoms with Gasteiger partial charge in [0.05, 0.1) is 18.9 Å². The lowest BCUT2D eigenvalue weighted by Crippen LogP contribution is -2.37. The molecule has 0 spiro atoms. The summed E-state index contributed by atoms with van der Waals surface area (Å²) in [7, 11) is 0. The molecule has 0 aliphatic carbocycles. The molecule has 2 aliphatic heterocycles. The average Bonchev–Trinajstić information content (AvgIpc) is 3.32. The van der Waals surface area contributed by atoms with Gasteiger partial charge in [0.15, 0.2) is 11.5 Å². The Hall–Kier alpha value is -3.00. The van der Waals surface area contributed by atoms with Crippen LogP contribution in [0.15, 0.2) is 48.5 Å². The molecule has 2 aliphatic rings. The number of pyridine rings is 1. The highest BCUT2D eigenvalue weighted by Crippen LogP contribution is 2.38. The SMILES string of the molecule is Oc1ccc(Cl)cc1-c1cc(-c2ccc3c(c2)OCO3)cc(NCCCN2CCOCC2)n1. The van der Waals surface area contributed by atoms with Crippen LogP contribution in [0.4, 0.5) is 5.82 Å². The van der Waals surface area contributed by atoms with Crippen LogP contribution in [-0.4, -0.2) is 61.2 Å². The van der Waals surface area contributed by atoms with E-state index in [0.717, 1.165) is 74.3 Å². The van der Waals surface area contributed by atoms with Gasteiger partial charge in [-0.05, 0) is 66.6 Å². The van der Waals surface area contributed by atoms with Crippen molar-refractivity contribution in [3.05, 3.63) is 53.6 Å². The number of benzene rings is 2. The molecule has 5 rings (SSSR count). The minimum atomic E-state index is 0.132. The third-order valence-corrected chi connectivity index (χ3v) is 6.06. The summed E-state index contributed by atoms with van der Waals surface area (Å²) in [5, 5.41) is 14.4. The Bertz CT molecular complexity index is 1130. The van der Waals surface area contributed by atoms with Gasteiger partial charge in [0.1, 0.15) is 11.6 Å². The van der Waals surface area contributed by atoms with E-state index in [1.165, 1.54) is 0 Å². The van der Waals surface area contributed by atoms with Crippen LogP contribution >= 0.6 is 11.6 Å². The molecule has 0 saturated carbocycles. The van der Waals surface area contributed by atoms with Gasteiger partial charge in [-0.2, -0.15) is 0 Å². The zero-order chi connectivity index (χ0) is 22.6. The van der Waals surface area contributed by atoms with Gasteiger partial charge in [0.2, 0.25) is 6.79 Å². The Balaban J connectivity index is 1.41. The van der Waals surface area contributed by atoms with E-state index >= 15 is 0 Å². The maximum absolute atomic E-state index is 10.5. The minimum absolute atomic E-state index is 0.132. The molecule has 0 unspecified atom stereocenters. The lowest BCUT2D eigenvalue weighted by molar-refractivity contribution is 0.0378. The number of halogens is 1. The molecule has 7 nitrogen and oxygen atoms in total. The van der Waals surface area contributed by atoms with Crippen molar-refractivity contribution >= 4 is 17.4 Å². The molecular weight excluding hydrogens is 442 g/mol. The number of rotatable bonds is 7. The molecule has 33 heavy (non-hydrogen) atoms. The second-order valence-electron chi connectivity index (χ2n) is 8.09. The van der Waals surface area contributed by atoms with Crippen LogP contribution in [0.3, 0.4) is 0 Å². The highest BCUT2D eigenvalue weighted by molar-refractivity contribution is 6.31. The van der Waals surface area contributed by atoms with Gasteiger partial charge >= 0.3 is 0 Å². The van der Waals surface area contributed by atoms with E-state index in [1.807, 2.05) is 30.3 Å². The smallest absolute Gasteiger partial charge is 0.231 e. The Labute approximate surface area is 197 Å². The Kier molecular flexibility index (Phi) is 6.53. The fraction of sp³-hybridized carbons (Fsp3) is 0.320. The standard InChI is InChI=1S/C25H26ClN3O4/c26-19-3-4-22(30)20(15-19)21-12-18(17-2-5-23-24(13-17)33-16-32-23)14-25(28-21)27-6-1-7-29-8-10-31-11-9-29/h2-5,12-15,30H,1,6-11,16H2,(H,27,28). The second kappa shape index (κ2) is 9.87. The Morgan fingerprint density at radius 3 is 2.70 bits per heavy atom. The quantitative estimate of drug-likeness (QED) is 0.490. The predicted molar refractivity (Wildman–Crippen MR) is 128 cm³/mol. The van der Waals surface area contributed by atoms with Gasteiger partial charge in [-0.15, -0.1) is 0 Å². The summed E-state index contributed by atoms with van der Waals surface area (Å²) in [6.45, 7) is 5.60. The van der Waals surface area contributed by atoms with Crippen molar-refractivity contribution in [3.63, 3.8) is 0 Å². The van der Waals surface area contributed by atoms with Gasteiger partial charge in [0.25, 0.3) is 0 Å². The summed E-state index contributed by atoms with van der Waals surface area (Å²) in [5.74, 6) is 2.33. The van der Waals surface area contributed by atoms with Crippen molar-refractivity contribution in [2.45, 2.75) is 6.42 Å². The summed E-state index contributed by atoms with van der Waals surface area (Å²) >= 11 is 6.20. The molecule has 2 aromatic carbocycles. The molecule has 1 aromatic heterocycles. The molecular formula is C25H26ClN3O4. The van der Waals surface area contributed by atoms with Gasteiger partial charge in [0, 0.05) is 30.2 Å². The van der Waals surface area contributed by atoms with Crippen molar-refractivity contribution < 1.29 is 19.3 Å². The Morgan fingerprint density at radius 2 is 1.82 bits per heavy atom. The first kappa shape index (κ1) is 21.8. The number of anilines is 1. The van der Waals surface area contributed by atoms with Crippen molar-refractivity contribution in [2.24, 2.45) is 0 Å². The fourth-order valence-electron chi connectivity index (χ4n) is 4.06. The minimum Gasteiger partial charge on any atom is -0.507 e. The molecule has 0 amide bonds. The zero-order valence-electron chi connectivity index (χ0n) is 18.2. The summed E-state index contributed by atoms with van der Waals surface area (Å²) < 4.78 is 16.4. The van der Waals surface area contributed by atoms with E-state index in [2.05, 4.69) is 10.2 Å². The molecule has 3 aromatic rings. The molecule has 2 N–H and O–H groups in total. The fourth-order valence-corrected chi connectivity index (χ4v) is 4.23. The molecule has 0 atom stereocenters. The van der Waals surface area contributed by atoms with Crippen molar-refractivity contribution in [2.75, 3.05) is 51.5 Å². The number of hydrogen-bond donors (Lipinski definition) is 2. The third-order valence-electron chi connectivity index (χ3n) is 5.83. The third kappa shape index (κ3) is 5.16. The molecule has 0 radical (unpaired) electrons. The Morgan fingerprint density at radius 1 is 0.970 bits per heavy atom. The number of aromatic nitrogens is 1. The number of morpholine rings is 1. The lowest BCUT2D eigenvalue weighted by atomic mass is 10.0. The molecule has 3 heterocycles. The number of nitrogens with zero attached hydrogens (tertiary/aromatic N) is 2. The van der Waals surface area contributed by atoms with E-state index in [4.69, 9.17) is 30.8 Å². The number of phenolic OH excluding ortho intramolecular Hbond substituents is 1. The van der Waals surface area contributed by atoms with Crippen LogP contribution in [0.5, 0.6) is 17.2 Å². The van der Waals surface area contributed by atoms with Gasteiger partial charge < -0.3 is 24.6 Å². The first-order valence-corrected chi connectivity index (χ1v) is 11.5. The molecule has 0 bridgehead atoms. The predicted octanol–water partition coefficient (Wildman–Crippen LogP) is 4.64. The van der Waals surface area contributed by atoms with Gasteiger partial charge in [-0.25, -0.2) is 4.98 Å². The highest BCUT2D eigenvalue weighted by Gasteiger charge is 2.16. The van der Waals surface area contributed by atoms with Crippen molar-refractivity contribution in [1.29, 1.82) is 0 Å². The molecule has 8 heteroatoms. The van der Waals surface area contributed by atoms with Gasteiger partial charge in [-0.1, -0.05) is 17.7 Å². The normalized spacial score (nSPS) is 15.5. The maximum atomic E-state index is 10.5.